The highest BCUT2D eigenvalue weighted by Crippen LogP contribution is 2.13. The predicted molar refractivity (Wildman–Crippen MR) is 100 cm³/mol. The first-order valence-corrected chi connectivity index (χ1v) is 8.62. The van der Waals surface area contributed by atoms with Crippen LogP contribution in [0.4, 0.5) is 0 Å². The molecule has 25 heavy (non-hydrogen) atoms. The second kappa shape index (κ2) is 8.49. The number of benzene rings is 2. The average Bonchev–Trinajstić information content (AvgIpc) is 2.68. The molecule has 2 aromatic rings. The maximum atomic E-state index is 12.4. The molecule has 0 spiro atoms. The van der Waals surface area contributed by atoms with E-state index in [2.05, 4.69) is 29.2 Å². The second-order valence-corrected chi connectivity index (χ2v) is 6.19. The minimum Gasteiger partial charge on any atom is -0.497 e. The van der Waals surface area contributed by atoms with E-state index in [1.54, 1.807) is 13.2 Å². The molecule has 1 aliphatic heterocycles. The quantitative estimate of drug-likeness (QED) is 0.787. The van der Waals surface area contributed by atoms with Gasteiger partial charge in [-0.15, -0.1) is 0 Å². The lowest BCUT2D eigenvalue weighted by molar-refractivity contribution is -0.127. The van der Waals surface area contributed by atoms with Crippen molar-refractivity contribution >= 4 is 12.0 Å². The van der Waals surface area contributed by atoms with E-state index in [9.17, 15) is 4.79 Å². The smallest absolute Gasteiger partial charge is 0.246 e. The lowest BCUT2D eigenvalue weighted by Crippen LogP contribution is -2.47. The number of carbonyl (C=O) groups is 1. The van der Waals surface area contributed by atoms with E-state index in [1.165, 1.54) is 5.56 Å². The highest BCUT2D eigenvalue weighted by molar-refractivity contribution is 5.91. The number of hydrogen-bond donors (Lipinski definition) is 0. The van der Waals surface area contributed by atoms with Crippen LogP contribution in [-0.4, -0.2) is 49.0 Å². The molecule has 2 aromatic carbocycles. The zero-order valence-electron chi connectivity index (χ0n) is 14.6. The summed E-state index contributed by atoms with van der Waals surface area (Å²) in [6.07, 6.45) is 3.52. The molecule has 4 nitrogen and oxygen atoms in total. The summed E-state index contributed by atoms with van der Waals surface area (Å²) in [5, 5.41) is 0. The highest BCUT2D eigenvalue weighted by atomic mass is 16.5. The van der Waals surface area contributed by atoms with E-state index in [4.69, 9.17) is 4.74 Å². The van der Waals surface area contributed by atoms with E-state index in [-0.39, 0.29) is 5.91 Å². The van der Waals surface area contributed by atoms with Crippen LogP contribution in [0.25, 0.3) is 6.08 Å². The maximum absolute atomic E-state index is 12.4. The number of ether oxygens (including phenoxy) is 1. The van der Waals surface area contributed by atoms with Gasteiger partial charge in [0.05, 0.1) is 7.11 Å². The van der Waals surface area contributed by atoms with Crippen molar-refractivity contribution in [2.75, 3.05) is 33.3 Å². The van der Waals surface area contributed by atoms with Gasteiger partial charge in [-0.3, -0.25) is 9.69 Å². The normalized spacial score (nSPS) is 15.5. The third-order valence-electron chi connectivity index (χ3n) is 4.47. The van der Waals surface area contributed by atoms with E-state index in [1.807, 2.05) is 41.3 Å². The summed E-state index contributed by atoms with van der Waals surface area (Å²) in [4.78, 5) is 16.7. The number of methoxy groups -OCH3 is 1. The van der Waals surface area contributed by atoms with E-state index >= 15 is 0 Å². The number of rotatable bonds is 5. The Morgan fingerprint density at radius 2 is 1.68 bits per heavy atom. The fourth-order valence-corrected chi connectivity index (χ4v) is 2.96. The van der Waals surface area contributed by atoms with Crippen molar-refractivity contribution in [1.82, 2.24) is 9.80 Å². The van der Waals surface area contributed by atoms with Gasteiger partial charge in [0.2, 0.25) is 5.91 Å². The van der Waals surface area contributed by atoms with Crippen LogP contribution in [0.3, 0.4) is 0 Å². The molecular formula is C21H24N2O2. The largest absolute Gasteiger partial charge is 0.497 e. The molecule has 0 radical (unpaired) electrons. The molecule has 3 rings (SSSR count). The van der Waals surface area contributed by atoms with E-state index in [0.29, 0.717) is 0 Å². The Bertz CT molecular complexity index is 702. The number of piperazine rings is 1. The van der Waals surface area contributed by atoms with Crippen LogP contribution in [-0.2, 0) is 11.3 Å². The fourth-order valence-electron chi connectivity index (χ4n) is 2.96. The monoisotopic (exact) mass is 336 g/mol. The Labute approximate surface area is 149 Å². The van der Waals surface area contributed by atoms with Gasteiger partial charge in [-0.2, -0.15) is 0 Å². The Balaban J connectivity index is 1.48. The third kappa shape index (κ3) is 4.94. The molecule has 4 heteroatoms. The van der Waals surface area contributed by atoms with Crippen molar-refractivity contribution < 1.29 is 9.53 Å². The van der Waals surface area contributed by atoms with Crippen molar-refractivity contribution in [2.24, 2.45) is 0 Å². The zero-order chi connectivity index (χ0) is 17.5. The number of hydrogen-bond acceptors (Lipinski definition) is 3. The van der Waals surface area contributed by atoms with Gasteiger partial charge in [0.1, 0.15) is 5.75 Å². The summed E-state index contributed by atoms with van der Waals surface area (Å²) in [5.74, 6) is 0.896. The second-order valence-electron chi connectivity index (χ2n) is 6.19. The van der Waals surface area contributed by atoms with Crippen molar-refractivity contribution in [1.29, 1.82) is 0 Å². The predicted octanol–water partition coefficient (Wildman–Crippen LogP) is 3.05. The maximum Gasteiger partial charge on any atom is 0.246 e. The Hall–Kier alpha value is -2.59. The summed E-state index contributed by atoms with van der Waals surface area (Å²) in [5.41, 5.74) is 2.32. The van der Waals surface area contributed by atoms with Crippen LogP contribution < -0.4 is 4.74 Å². The first-order valence-electron chi connectivity index (χ1n) is 8.62. The minimum absolute atomic E-state index is 0.0789. The zero-order valence-corrected chi connectivity index (χ0v) is 14.6. The summed E-state index contributed by atoms with van der Waals surface area (Å²) in [6, 6.07) is 18.2. The van der Waals surface area contributed by atoms with Crippen LogP contribution in [0.5, 0.6) is 5.75 Å². The molecule has 0 N–H and O–H groups in total. The topological polar surface area (TPSA) is 32.8 Å². The van der Waals surface area contributed by atoms with Gasteiger partial charge in [-0.1, -0.05) is 42.5 Å². The molecule has 130 valence electrons. The number of amides is 1. The molecule has 1 aliphatic rings. The SMILES string of the molecule is COc1ccc(/C=C/C(=O)N2CCN(Cc3ccccc3)CC2)cc1. The molecule has 0 bridgehead atoms. The molecule has 1 amide bonds. The van der Waals surface area contributed by atoms with Gasteiger partial charge in [0, 0.05) is 38.8 Å². The third-order valence-corrected chi connectivity index (χ3v) is 4.47. The standard InChI is InChI=1S/C21H24N2O2/c1-25-20-10-7-18(8-11-20)9-12-21(24)23-15-13-22(14-16-23)17-19-5-3-2-4-6-19/h2-12H,13-17H2,1H3/b12-9+. The van der Waals surface area contributed by atoms with E-state index < -0.39 is 0 Å². The Kier molecular flexibility index (Phi) is 5.86. The Morgan fingerprint density at radius 3 is 2.32 bits per heavy atom. The average molecular weight is 336 g/mol. The summed E-state index contributed by atoms with van der Waals surface area (Å²) in [7, 11) is 1.64. The summed E-state index contributed by atoms with van der Waals surface area (Å²) < 4.78 is 5.14. The molecule has 0 aliphatic carbocycles. The molecule has 1 heterocycles. The first kappa shape index (κ1) is 17.2. The van der Waals surface area contributed by atoms with Gasteiger partial charge in [0.15, 0.2) is 0 Å². The molecule has 0 saturated carbocycles. The van der Waals surface area contributed by atoms with Crippen molar-refractivity contribution in [3.8, 4) is 5.75 Å². The Morgan fingerprint density at radius 1 is 1.00 bits per heavy atom. The molecule has 1 saturated heterocycles. The molecular weight excluding hydrogens is 312 g/mol. The van der Waals surface area contributed by atoms with Crippen LogP contribution in [0.1, 0.15) is 11.1 Å². The van der Waals surface area contributed by atoms with Gasteiger partial charge in [-0.25, -0.2) is 0 Å². The van der Waals surface area contributed by atoms with Crippen molar-refractivity contribution in [3.63, 3.8) is 0 Å². The first-order chi connectivity index (χ1) is 12.2. The summed E-state index contributed by atoms with van der Waals surface area (Å²) >= 11 is 0. The van der Waals surface area contributed by atoms with Gasteiger partial charge in [-0.05, 0) is 29.3 Å². The molecule has 0 aromatic heterocycles. The number of carbonyl (C=O) groups excluding carboxylic acids is 1. The van der Waals surface area contributed by atoms with E-state index in [0.717, 1.165) is 44.0 Å². The van der Waals surface area contributed by atoms with Gasteiger partial charge >= 0.3 is 0 Å². The van der Waals surface area contributed by atoms with Crippen molar-refractivity contribution in [3.05, 3.63) is 71.8 Å². The molecule has 1 fully saturated rings. The summed E-state index contributed by atoms with van der Waals surface area (Å²) in [6.45, 7) is 4.33. The van der Waals surface area contributed by atoms with Crippen LogP contribution in [0.2, 0.25) is 0 Å². The van der Waals surface area contributed by atoms with Gasteiger partial charge in [0.25, 0.3) is 0 Å². The van der Waals surface area contributed by atoms with Crippen LogP contribution >= 0.6 is 0 Å². The molecule has 0 atom stereocenters. The van der Waals surface area contributed by atoms with Gasteiger partial charge < -0.3 is 9.64 Å². The van der Waals surface area contributed by atoms with Crippen LogP contribution in [0, 0.1) is 0 Å². The highest BCUT2D eigenvalue weighted by Gasteiger charge is 2.19. The lowest BCUT2D eigenvalue weighted by atomic mass is 10.2. The van der Waals surface area contributed by atoms with Crippen LogP contribution in [0.15, 0.2) is 60.7 Å². The minimum atomic E-state index is 0.0789. The number of nitrogens with zero attached hydrogens (tertiary/aromatic N) is 2. The molecule has 0 unspecified atom stereocenters. The fraction of sp³-hybridized carbons (Fsp3) is 0.286. The van der Waals surface area contributed by atoms with Crippen molar-refractivity contribution in [2.45, 2.75) is 6.54 Å². The lowest BCUT2D eigenvalue weighted by Gasteiger charge is -2.34.